The minimum Gasteiger partial charge on any atom is -0.383 e. The van der Waals surface area contributed by atoms with E-state index in [2.05, 4.69) is 5.32 Å². The van der Waals surface area contributed by atoms with Crippen molar-refractivity contribution < 1.29 is 18.7 Å². The van der Waals surface area contributed by atoms with Gasteiger partial charge in [-0.1, -0.05) is 12.1 Å². The van der Waals surface area contributed by atoms with Crippen molar-refractivity contribution in [2.45, 2.75) is 13.0 Å². The molecule has 0 saturated carbocycles. The Labute approximate surface area is 123 Å². The van der Waals surface area contributed by atoms with Crippen LogP contribution in [0, 0.1) is 11.7 Å². The molecule has 1 atom stereocenters. The molecule has 1 saturated heterocycles. The van der Waals surface area contributed by atoms with E-state index in [1.54, 1.807) is 24.1 Å². The van der Waals surface area contributed by atoms with Gasteiger partial charge in [-0.25, -0.2) is 4.39 Å². The third kappa shape index (κ3) is 4.26. The molecule has 114 valence electrons. The normalized spacial score (nSPS) is 18.1. The number of carbonyl (C=O) groups excluding carboxylic acids is 2. The number of ether oxygens (including phenoxy) is 1. The second kappa shape index (κ2) is 7.17. The van der Waals surface area contributed by atoms with Gasteiger partial charge >= 0.3 is 0 Å². The monoisotopic (exact) mass is 294 g/mol. The minimum absolute atomic E-state index is 0.0297. The fraction of sp³-hybridized carbons (Fsp3) is 0.467. The van der Waals surface area contributed by atoms with Crippen LogP contribution in [-0.2, 0) is 20.9 Å². The van der Waals surface area contributed by atoms with E-state index in [1.807, 2.05) is 0 Å². The number of hydrogen-bond donors (Lipinski definition) is 1. The SMILES string of the molecule is COCCN1C[C@H](C(=O)NCc2cccc(F)c2)CC1=O. The molecule has 0 radical (unpaired) electrons. The van der Waals surface area contributed by atoms with Crippen molar-refractivity contribution in [2.75, 3.05) is 26.8 Å². The molecule has 6 heteroatoms. The van der Waals surface area contributed by atoms with Crippen LogP contribution in [0.5, 0.6) is 0 Å². The van der Waals surface area contributed by atoms with Crippen molar-refractivity contribution in [1.82, 2.24) is 10.2 Å². The average molecular weight is 294 g/mol. The summed E-state index contributed by atoms with van der Waals surface area (Å²) >= 11 is 0. The van der Waals surface area contributed by atoms with Crippen molar-refractivity contribution in [3.8, 4) is 0 Å². The lowest BCUT2D eigenvalue weighted by Gasteiger charge is -2.15. The van der Waals surface area contributed by atoms with Crippen molar-refractivity contribution in [1.29, 1.82) is 0 Å². The molecule has 0 bridgehead atoms. The lowest BCUT2D eigenvalue weighted by molar-refractivity contribution is -0.129. The Balaban J connectivity index is 1.83. The Morgan fingerprint density at radius 3 is 3.05 bits per heavy atom. The molecule has 5 nitrogen and oxygen atoms in total. The van der Waals surface area contributed by atoms with Crippen molar-refractivity contribution in [2.24, 2.45) is 5.92 Å². The zero-order valence-corrected chi connectivity index (χ0v) is 12.0. The van der Waals surface area contributed by atoms with Gasteiger partial charge in [-0.2, -0.15) is 0 Å². The second-order valence-electron chi connectivity index (χ2n) is 5.08. The Kier molecular flexibility index (Phi) is 5.27. The molecule has 21 heavy (non-hydrogen) atoms. The standard InChI is InChI=1S/C15H19FN2O3/c1-21-6-5-18-10-12(8-14(18)19)15(20)17-9-11-3-2-4-13(16)7-11/h2-4,7,12H,5-6,8-10H2,1H3,(H,17,20)/t12-/m1/s1. The van der Waals surface area contributed by atoms with Crippen molar-refractivity contribution in [3.63, 3.8) is 0 Å². The number of methoxy groups -OCH3 is 1. The van der Waals surface area contributed by atoms with Crippen LogP contribution in [0.3, 0.4) is 0 Å². The predicted molar refractivity (Wildman–Crippen MR) is 74.8 cm³/mol. The highest BCUT2D eigenvalue weighted by atomic mass is 19.1. The first-order valence-corrected chi connectivity index (χ1v) is 6.89. The fourth-order valence-electron chi connectivity index (χ4n) is 2.35. The Morgan fingerprint density at radius 1 is 1.52 bits per heavy atom. The first-order valence-electron chi connectivity index (χ1n) is 6.89. The first kappa shape index (κ1) is 15.4. The van der Waals surface area contributed by atoms with E-state index in [1.165, 1.54) is 12.1 Å². The van der Waals surface area contributed by atoms with Crippen LogP contribution in [0.25, 0.3) is 0 Å². The van der Waals surface area contributed by atoms with Gasteiger partial charge in [-0.3, -0.25) is 9.59 Å². The van der Waals surface area contributed by atoms with Crippen molar-refractivity contribution >= 4 is 11.8 Å². The predicted octanol–water partition coefficient (Wildman–Crippen LogP) is 0.937. The summed E-state index contributed by atoms with van der Waals surface area (Å²) in [5, 5.41) is 2.75. The lowest BCUT2D eigenvalue weighted by Crippen LogP contribution is -2.33. The molecule has 1 aliphatic heterocycles. The van der Waals surface area contributed by atoms with Crippen LogP contribution in [-0.4, -0.2) is 43.5 Å². The maximum atomic E-state index is 13.0. The quantitative estimate of drug-likeness (QED) is 0.849. The summed E-state index contributed by atoms with van der Waals surface area (Å²) in [6.45, 7) is 1.64. The van der Waals surface area contributed by atoms with Gasteiger partial charge in [0.05, 0.1) is 12.5 Å². The van der Waals surface area contributed by atoms with Gasteiger partial charge in [0.15, 0.2) is 0 Å². The average Bonchev–Trinajstić information content (AvgIpc) is 2.84. The van der Waals surface area contributed by atoms with Gasteiger partial charge < -0.3 is 15.0 Å². The number of amides is 2. The molecule has 1 N–H and O–H groups in total. The highest BCUT2D eigenvalue weighted by molar-refractivity contribution is 5.89. The number of rotatable bonds is 6. The van der Waals surface area contributed by atoms with Crippen LogP contribution in [0.4, 0.5) is 4.39 Å². The molecule has 0 aliphatic carbocycles. The molecular formula is C15H19FN2O3. The summed E-state index contributed by atoms with van der Waals surface area (Å²) in [4.78, 5) is 25.4. The maximum Gasteiger partial charge on any atom is 0.225 e. The molecule has 0 spiro atoms. The summed E-state index contributed by atoms with van der Waals surface area (Å²) in [7, 11) is 1.57. The molecule has 2 amide bonds. The molecule has 1 heterocycles. The van der Waals surface area contributed by atoms with Crippen LogP contribution >= 0.6 is 0 Å². The zero-order chi connectivity index (χ0) is 15.2. The van der Waals surface area contributed by atoms with E-state index < -0.39 is 0 Å². The lowest BCUT2D eigenvalue weighted by atomic mass is 10.1. The highest BCUT2D eigenvalue weighted by Crippen LogP contribution is 2.17. The molecule has 1 aromatic rings. The Hall–Kier alpha value is -1.95. The largest absolute Gasteiger partial charge is 0.383 e. The van der Waals surface area contributed by atoms with Gasteiger partial charge in [0.2, 0.25) is 11.8 Å². The highest BCUT2D eigenvalue weighted by Gasteiger charge is 2.33. The Bertz CT molecular complexity index is 521. The number of benzene rings is 1. The van der Waals surface area contributed by atoms with Crippen LogP contribution in [0.1, 0.15) is 12.0 Å². The third-order valence-corrected chi connectivity index (χ3v) is 3.51. The van der Waals surface area contributed by atoms with Crippen LogP contribution < -0.4 is 5.32 Å². The number of halogens is 1. The maximum absolute atomic E-state index is 13.0. The second-order valence-corrected chi connectivity index (χ2v) is 5.08. The molecule has 0 aromatic heterocycles. The smallest absolute Gasteiger partial charge is 0.225 e. The first-order chi connectivity index (χ1) is 10.1. The molecule has 1 aromatic carbocycles. The number of nitrogens with one attached hydrogen (secondary N) is 1. The van der Waals surface area contributed by atoms with E-state index in [-0.39, 0.29) is 36.5 Å². The molecule has 2 rings (SSSR count). The van der Waals surface area contributed by atoms with E-state index in [0.29, 0.717) is 25.3 Å². The van der Waals surface area contributed by atoms with Gasteiger partial charge in [-0.05, 0) is 17.7 Å². The van der Waals surface area contributed by atoms with Gasteiger partial charge in [0, 0.05) is 33.2 Å². The van der Waals surface area contributed by atoms with Gasteiger partial charge in [0.1, 0.15) is 5.82 Å². The summed E-state index contributed by atoms with van der Waals surface area (Å²) in [5.74, 6) is -0.878. The van der Waals surface area contributed by atoms with Gasteiger partial charge in [-0.15, -0.1) is 0 Å². The number of nitrogens with zero attached hydrogens (tertiary/aromatic N) is 1. The molecule has 1 aliphatic rings. The van der Waals surface area contributed by atoms with Crippen molar-refractivity contribution in [3.05, 3.63) is 35.6 Å². The number of carbonyl (C=O) groups is 2. The third-order valence-electron chi connectivity index (χ3n) is 3.51. The summed E-state index contributed by atoms with van der Waals surface area (Å²) in [5.41, 5.74) is 0.698. The van der Waals surface area contributed by atoms with E-state index >= 15 is 0 Å². The van der Waals surface area contributed by atoms with E-state index in [4.69, 9.17) is 4.74 Å². The number of likely N-dealkylation sites (tertiary alicyclic amines) is 1. The topological polar surface area (TPSA) is 58.6 Å². The van der Waals surface area contributed by atoms with Crippen LogP contribution in [0.15, 0.2) is 24.3 Å². The van der Waals surface area contributed by atoms with Crippen LogP contribution in [0.2, 0.25) is 0 Å². The molecule has 1 fully saturated rings. The fourth-order valence-corrected chi connectivity index (χ4v) is 2.35. The molecular weight excluding hydrogens is 275 g/mol. The van der Waals surface area contributed by atoms with E-state index in [0.717, 1.165) is 0 Å². The summed E-state index contributed by atoms with van der Waals surface area (Å²) in [6.07, 6.45) is 0.221. The Morgan fingerprint density at radius 2 is 2.33 bits per heavy atom. The van der Waals surface area contributed by atoms with E-state index in [9.17, 15) is 14.0 Å². The minimum atomic E-state index is -0.345. The summed E-state index contributed by atoms with van der Waals surface area (Å²) < 4.78 is 18.0. The van der Waals surface area contributed by atoms with Gasteiger partial charge in [0.25, 0.3) is 0 Å². The molecule has 0 unspecified atom stereocenters. The number of hydrogen-bond acceptors (Lipinski definition) is 3. The zero-order valence-electron chi connectivity index (χ0n) is 12.0. The summed E-state index contributed by atoms with van der Waals surface area (Å²) in [6, 6.07) is 6.08.